The molecular weight excluding hydrogens is 348 g/mol. The molecule has 1 aliphatic heterocycles. The molecular formula is C22H32N6. The Hall–Kier alpha value is -2.34. The van der Waals surface area contributed by atoms with Crippen molar-refractivity contribution in [2.24, 2.45) is 4.99 Å². The molecule has 6 nitrogen and oxygen atoms in total. The second-order valence-corrected chi connectivity index (χ2v) is 7.96. The fourth-order valence-electron chi connectivity index (χ4n) is 4.53. The topological polar surface area (TPSA) is 57.5 Å². The monoisotopic (exact) mass is 380 g/mol. The Morgan fingerprint density at radius 2 is 1.96 bits per heavy atom. The molecule has 6 heteroatoms. The quantitative estimate of drug-likeness (QED) is 0.597. The van der Waals surface area contributed by atoms with E-state index < -0.39 is 0 Å². The number of nitrogens with one attached hydrogen (secondary N) is 2. The Labute approximate surface area is 168 Å². The molecule has 2 fully saturated rings. The minimum Gasteiger partial charge on any atom is -0.352 e. The molecule has 0 bridgehead atoms. The van der Waals surface area contributed by atoms with Gasteiger partial charge in [-0.1, -0.05) is 37.1 Å². The van der Waals surface area contributed by atoms with E-state index in [2.05, 4.69) is 49.9 Å². The summed E-state index contributed by atoms with van der Waals surface area (Å²) < 4.78 is 1.96. The van der Waals surface area contributed by atoms with Crippen molar-refractivity contribution in [2.75, 3.05) is 20.1 Å². The highest BCUT2D eigenvalue weighted by molar-refractivity contribution is 5.80. The molecule has 1 aromatic heterocycles. The molecule has 1 unspecified atom stereocenters. The smallest absolute Gasteiger partial charge is 0.191 e. The van der Waals surface area contributed by atoms with Gasteiger partial charge in [-0.25, -0.2) is 0 Å². The molecule has 0 radical (unpaired) electrons. The summed E-state index contributed by atoms with van der Waals surface area (Å²) in [7, 11) is 1.86. The van der Waals surface area contributed by atoms with E-state index in [-0.39, 0.29) is 0 Å². The van der Waals surface area contributed by atoms with Crippen molar-refractivity contribution in [3.63, 3.8) is 0 Å². The standard InChI is InChI=1S/C22H32N6/c1-23-22(26-20-11-14-27(17-20)21-9-4-5-10-21)24-15-18-7-2-3-8-19(18)16-28-13-6-12-25-28/h2-3,6-8,12-13,20-21H,4-5,9-11,14-17H2,1H3,(H2,23,24,26). The van der Waals surface area contributed by atoms with Gasteiger partial charge in [0.05, 0.1) is 6.54 Å². The molecule has 1 saturated carbocycles. The van der Waals surface area contributed by atoms with Gasteiger partial charge >= 0.3 is 0 Å². The van der Waals surface area contributed by atoms with Gasteiger partial charge in [-0.15, -0.1) is 0 Å². The molecule has 0 spiro atoms. The largest absolute Gasteiger partial charge is 0.352 e. The van der Waals surface area contributed by atoms with Crippen molar-refractivity contribution < 1.29 is 0 Å². The predicted molar refractivity (Wildman–Crippen MR) is 113 cm³/mol. The van der Waals surface area contributed by atoms with Gasteiger partial charge in [0.1, 0.15) is 0 Å². The summed E-state index contributed by atoms with van der Waals surface area (Å²) in [4.78, 5) is 7.13. The highest BCUT2D eigenvalue weighted by atomic mass is 15.3. The Balaban J connectivity index is 1.30. The lowest BCUT2D eigenvalue weighted by atomic mass is 10.1. The van der Waals surface area contributed by atoms with Crippen LogP contribution in [-0.4, -0.2) is 52.9 Å². The molecule has 0 amide bonds. The summed E-state index contributed by atoms with van der Waals surface area (Å²) in [5.74, 6) is 0.896. The molecule has 1 aromatic carbocycles. The number of benzene rings is 1. The molecule has 2 N–H and O–H groups in total. The highest BCUT2D eigenvalue weighted by Crippen LogP contribution is 2.26. The first-order chi connectivity index (χ1) is 13.8. The summed E-state index contributed by atoms with van der Waals surface area (Å²) >= 11 is 0. The summed E-state index contributed by atoms with van der Waals surface area (Å²) in [5.41, 5.74) is 2.56. The van der Waals surface area contributed by atoms with E-state index in [9.17, 15) is 0 Å². The number of hydrogen-bond acceptors (Lipinski definition) is 3. The van der Waals surface area contributed by atoms with Gasteiger partial charge in [0, 0.05) is 51.2 Å². The second-order valence-electron chi connectivity index (χ2n) is 7.96. The zero-order valence-corrected chi connectivity index (χ0v) is 16.8. The van der Waals surface area contributed by atoms with Crippen LogP contribution in [0.4, 0.5) is 0 Å². The van der Waals surface area contributed by atoms with Crippen molar-refractivity contribution in [1.29, 1.82) is 0 Å². The first-order valence-electron chi connectivity index (χ1n) is 10.6. The number of aliphatic imine (C=N–C) groups is 1. The third kappa shape index (κ3) is 4.73. The predicted octanol–water partition coefficient (Wildman–Crippen LogP) is 2.61. The Morgan fingerprint density at radius 1 is 1.14 bits per heavy atom. The van der Waals surface area contributed by atoms with Crippen molar-refractivity contribution in [2.45, 2.75) is 57.3 Å². The molecule has 2 aromatic rings. The third-order valence-electron chi connectivity index (χ3n) is 6.08. The molecule has 2 heterocycles. The van der Waals surface area contributed by atoms with Gasteiger partial charge in [0.25, 0.3) is 0 Å². The lowest BCUT2D eigenvalue weighted by molar-refractivity contribution is 0.242. The third-order valence-corrected chi connectivity index (χ3v) is 6.08. The van der Waals surface area contributed by atoms with E-state index >= 15 is 0 Å². The maximum Gasteiger partial charge on any atom is 0.191 e. The molecule has 2 aliphatic rings. The maximum absolute atomic E-state index is 4.45. The van der Waals surface area contributed by atoms with Crippen LogP contribution in [0.15, 0.2) is 47.7 Å². The summed E-state index contributed by atoms with van der Waals surface area (Å²) in [6.07, 6.45) is 10.6. The lowest BCUT2D eigenvalue weighted by Crippen LogP contribution is -2.45. The first-order valence-corrected chi connectivity index (χ1v) is 10.6. The van der Waals surface area contributed by atoms with E-state index in [1.54, 1.807) is 0 Å². The normalized spacial score (nSPS) is 21.3. The SMILES string of the molecule is CN=C(NCc1ccccc1Cn1cccn1)NC1CCN(C2CCCC2)C1. The molecule has 28 heavy (non-hydrogen) atoms. The van der Waals surface area contributed by atoms with Gasteiger partial charge in [-0.05, 0) is 36.5 Å². The summed E-state index contributed by atoms with van der Waals surface area (Å²) in [5, 5.41) is 11.5. The van der Waals surface area contributed by atoms with Crippen LogP contribution in [-0.2, 0) is 13.1 Å². The van der Waals surface area contributed by atoms with Crippen LogP contribution >= 0.6 is 0 Å². The Morgan fingerprint density at radius 3 is 2.71 bits per heavy atom. The van der Waals surface area contributed by atoms with Crippen LogP contribution in [0.5, 0.6) is 0 Å². The lowest BCUT2D eigenvalue weighted by Gasteiger charge is -2.24. The minimum absolute atomic E-state index is 0.492. The van der Waals surface area contributed by atoms with Crippen molar-refractivity contribution in [1.82, 2.24) is 25.3 Å². The van der Waals surface area contributed by atoms with E-state index in [0.717, 1.165) is 31.6 Å². The van der Waals surface area contributed by atoms with E-state index in [1.165, 1.54) is 49.8 Å². The molecule has 1 saturated heterocycles. The van der Waals surface area contributed by atoms with Gasteiger partial charge < -0.3 is 10.6 Å². The van der Waals surface area contributed by atoms with Crippen LogP contribution in [0.1, 0.15) is 43.2 Å². The molecule has 4 rings (SSSR count). The number of hydrogen-bond donors (Lipinski definition) is 2. The molecule has 1 atom stereocenters. The molecule has 1 aliphatic carbocycles. The van der Waals surface area contributed by atoms with Gasteiger partial charge in [-0.2, -0.15) is 5.10 Å². The Kier molecular flexibility index (Phi) is 6.27. The number of aromatic nitrogens is 2. The van der Waals surface area contributed by atoms with Gasteiger partial charge in [0.2, 0.25) is 0 Å². The van der Waals surface area contributed by atoms with E-state index in [4.69, 9.17) is 0 Å². The highest BCUT2D eigenvalue weighted by Gasteiger charge is 2.30. The van der Waals surface area contributed by atoms with Gasteiger partial charge in [0.15, 0.2) is 5.96 Å². The Bertz CT molecular complexity index is 763. The van der Waals surface area contributed by atoms with Gasteiger partial charge in [-0.3, -0.25) is 14.6 Å². The summed E-state index contributed by atoms with van der Waals surface area (Å²) in [6, 6.07) is 11.8. The van der Waals surface area contributed by atoms with Crippen LogP contribution in [0.3, 0.4) is 0 Å². The van der Waals surface area contributed by atoms with Crippen molar-refractivity contribution >= 4 is 5.96 Å². The number of likely N-dealkylation sites (tertiary alicyclic amines) is 1. The van der Waals surface area contributed by atoms with Crippen LogP contribution in [0, 0.1) is 0 Å². The number of guanidine groups is 1. The first kappa shape index (κ1) is 19.0. The number of nitrogens with zero attached hydrogens (tertiary/aromatic N) is 4. The van der Waals surface area contributed by atoms with Crippen LogP contribution < -0.4 is 10.6 Å². The maximum atomic E-state index is 4.45. The van der Waals surface area contributed by atoms with Crippen LogP contribution in [0.25, 0.3) is 0 Å². The fraction of sp³-hybridized carbons (Fsp3) is 0.545. The number of rotatable bonds is 6. The minimum atomic E-state index is 0.492. The zero-order chi connectivity index (χ0) is 19.2. The van der Waals surface area contributed by atoms with Crippen molar-refractivity contribution in [3.8, 4) is 0 Å². The average molecular weight is 381 g/mol. The van der Waals surface area contributed by atoms with Crippen molar-refractivity contribution in [3.05, 3.63) is 53.9 Å². The van der Waals surface area contributed by atoms with E-state index in [0.29, 0.717) is 6.04 Å². The second kappa shape index (κ2) is 9.24. The summed E-state index contributed by atoms with van der Waals surface area (Å²) in [6.45, 7) is 3.90. The fourth-order valence-corrected chi connectivity index (χ4v) is 4.53. The molecule has 150 valence electrons. The zero-order valence-electron chi connectivity index (χ0n) is 16.8. The van der Waals surface area contributed by atoms with Crippen LogP contribution in [0.2, 0.25) is 0 Å². The average Bonchev–Trinajstić information content (AvgIpc) is 3.48. The van der Waals surface area contributed by atoms with E-state index in [1.807, 2.05) is 30.2 Å².